The fourth-order valence-electron chi connectivity index (χ4n) is 1.83. The molecule has 0 bridgehead atoms. The fraction of sp³-hybridized carbons (Fsp3) is 0.214. The van der Waals surface area contributed by atoms with E-state index >= 15 is 0 Å². The Bertz CT molecular complexity index is 783. The van der Waals surface area contributed by atoms with E-state index in [4.69, 9.17) is 11.6 Å². The third kappa shape index (κ3) is 4.00. The Balaban J connectivity index is 2.10. The van der Waals surface area contributed by atoms with E-state index < -0.39 is 16.1 Å². The molecule has 2 amide bonds. The van der Waals surface area contributed by atoms with Crippen molar-refractivity contribution in [2.75, 3.05) is 5.32 Å². The second-order valence-electron chi connectivity index (χ2n) is 4.59. The van der Waals surface area contributed by atoms with Crippen LogP contribution in [0.4, 0.5) is 10.5 Å². The molecule has 0 aliphatic rings. The third-order valence-corrected chi connectivity index (χ3v) is 6.35. The van der Waals surface area contributed by atoms with Gasteiger partial charge in [0, 0.05) is 15.6 Å². The number of carbonyl (C=O) groups excluding carboxylic acids is 1. The molecule has 0 spiro atoms. The predicted octanol–water partition coefficient (Wildman–Crippen LogP) is 3.78. The van der Waals surface area contributed by atoms with E-state index in [2.05, 4.69) is 5.32 Å². The van der Waals surface area contributed by atoms with Crippen molar-refractivity contribution in [1.29, 1.82) is 0 Å². The number of aryl methyl sites for hydroxylation is 2. The summed E-state index contributed by atoms with van der Waals surface area (Å²) in [6, 6.07) is 7.12. The van der Waals surface area contributed by atoms with Gasteiger partial charge in [0.2, 0.25) is 0 Å². The van der Waals surface area contributed by atoms with Crippen LogP contribution in [0.2, 0.25) is 5.02 Å². The van der Waals surface area contributed by atoms with Gasteiger partial charge in [0.05, 0.1) is 0 Å². The molecule has 2 N–H and O–H groups in total. The van der Waals surface area contributed by atoms with Crippen molar-refractivity contribution in [2.24, 2.45) is 0 Å². The zero-order chi connectivity index (χ0) is 16.3. The smallest absolute Gasteiger partial charge is 0.307 e. The number of benzene rings is 1. The lowest BCUT2D eigenvalue weighted by Gasteiger charge is -2.07. The summed E-state index contributed by atoms with van der Waals surface area (Å²) >= 11 is 6.91. The first kappa shape index (κ1) is 16.8. The Labute approximate surface area is 138 Å². The number of urea groups is 1. The van der Waals surface area contributed by atoms with Gasteiger partial charge in [-0.3, -0.25) is 0 Å². The molecule has 1 heterocycles. The molecule has 1 aromatic heterocycles. The van der Waals surface area contributed by atoms with Crippen molar-refractivity contribution in [3.63, 3.8) is 0 Å². The molecule has 0 saturated heterocycles. The van der Waals surface area contributed by atoms with Gasteiger partial charge in [0.15, 0.2) is 0 Å². The quantitative estimate of drug-likeness (QED) is 0.873. The number of halogens is 1. The van der Waals surface area contributed by atoms with E-state index in [1.165, 1.54) is 11.3 Å². The third-order valence-electron chi connectivity index (χ3n) is 2.91. The van der Waals surface area contributed by atoms with Crippen molar-refractivity contribution in [3.05, 3.63) is 45.8 Å². The molecule has 2 aromatic rings. The van der Waals surface area contributed by atoms with Crippen LogP contribution in [0, 0.1) is 6.92 Å². The van der Waals surface area contributed by atoms with Crippen molar-refractivity contribution in [3.8, 4) is 0 Å². The molecule has 8 heteroatoms. The summed E-state index contributed by atoms with van der Waals surface area (Å²) in [5, 5.41) is 2.97. The minimum absolute atomic E-state index is 0.133. The van der Waals surface area contributed by atoms with Gasteiger partial charge in [-0.2, -0.15) is 0 Å². The number of nitrogens with one attached hydrogen (secondary N) is 2. The first-order valence-electron chi connectivity index (χ1n) is 6.50. The largest absolute Gasteiger partial charge is 0.333 e. The maximum absolute atomic E-state index is 12.2. The Morgan fingerprint density at radius 1 is 1.27 bits per heavy atom. The van der Waals surface area contributed by atoms with Crippen LogP contribution in [-0.2, 0) is 16.4 Å². The maximum Gasteiger partial charge on any atom is 0.333 e. The lowest BCUT2D eigenvalue weighted by molar-refractivity contribution is 0.256. The zero-order valence-electron chi connectivity index (χ0n) is 12.0. The number of sulfonamides is 1. The number of thiophene rings is 1. The molecule has 0 atom stereocenters. The summed E-state index contributed by atoms with van der Waals surface area (Å²) in [5.41, 5.74) is 1.36. The SMILES string of the molecule is CCc1sc(S(=O)(=O)NC(=O)Nc2ccc(Cl)cc2)cc1C. The van der Waals surface area contributed by atoms with Crippen LogP contribution in [0.15, 0.2) is 34.5 Å². The van der Waals surface area contributed by atoms with E-state index in [0.29, 0.717) is 10.7 Å². The zero-order valence-corrected chi connectivity index (χ0v) is 14.4. The summed E-state index contributed by atoms with van der Waals surface area (Å²) in [6.07, 6.45) is 0.753. The van der Waals surface area contributed by atoms with Gasteiger partial charge in [0.25, 0.3) is 10.0 Å². The van der Waals surface area contributed by atoms with E-state index in [9.17, 15) is 13.2 Å². The lowest BCUT2D eigenvalue weighted by atomic mass is 10.2. The van der Waals surface area contributed by atoms with Crippen LogP contribution in [0.3, 0.4) is 0 Å². The van der Waals surface area contributed by atoms with Crippen LogP contribution in [0.5, 0.6) is 0 Å². The first-order valence-corrected chi connectivity index (χ1v) is 9.18. The topological polar surface area (TPSA) is 75.3 Å². The fourth-order valence-corrected chi connectivity index (χ4v) is 4.40. The Morgan fingerprint density at radius 3 is 2.45 bits per heavy atom. The van der Waals surface area contributed by atoms with Gasteiger partial charge in [0.1, 0.15) is 4.21 Å². The molecule has 1 aromatic carbocycles. The van der Waals surface area contributed by atoms with E-state index in [1.807, 2.05) is 18.6 Å². The number of anilines is 1. The second-order valence-corrected chi connectivity index (χ2v) is 8.07. The van der Waals surface area contributed by atoms with Gasteiger partial charge in [-0.25, -0.2) is 17.9 Å². The number of hydrogen-bond donors (Lipinski definition) is 2. The summed E-state index contributed by atoms with van der Waals surface area (Å²) in [4.78, 5) is 12.8. The number of amides is 2. The summed E-state index contributed by atoms with van der Waals surface area (Å²) in [6.45, 7) is 3.80. The molecule has 0 fully saturated rings. The monoisotopic (exact) mass is 358 g/mol. The van der Waals surface area contributed by atoms with Gasteiger partial charge in [-0.15, -0.1) is 11.3 Å². The summed E-state index contributed by atoms with van der Waals surface area (Å²) in [7, 11) is -3.87. The second kappa shape index (κ2) is 6.68. The van der Waals surface area contributed by atoms with E-state index in [-0.39, 0.29) is 4.21 Å². The van der Waals surface area contributed by atoms with Gasteiger partial charge in [-0.05, 0) is 49.2 Å². The highest BCUT2D eigenvalue weighted by Crippen LogP contribution is 2.26. The van der Waals surface area contributed by atoms with Crippen LogP contribution < -0.4 is 10.0 Å². The molecule has 2 rings (SSSR count). The molecule has 0 unspecified atom stereocenters. The lowest BCUT2D eigenvalue weighted by Crippen LogP contribution is -2.33. The molecule has 0 aliphatic carbocycles. The van der Waals surface area contributed by atoms with Crippen molar-refractivity contribution < 1.29 is 13.2 Å². The van der Waals surface area contributed by atoms with Crippen LogP contribution in [0.1, 0.15) is 17.4 Å². The van der Waals surface area contributed by atoms with Gasteiger partial charge in [-0.1, -0.05) is 18.5 Å². The molecule has 0 radical (unpaired) electrons. The molecular weight excluding hydrogens is 344 g/mol. The molecule has 5 nitrogen and oxygen atoms in total. The molecule has 0 saturated carbocycles. The summed E-state index contributed by atoms with van der Waals surface area (Å²) < 4.78 is 26.5. The normalized spacial score (nSPS) is 11.2. The summed E-state index contributed by atoms with van der Waals surface area (Å²) in [5.74, 6) is 0. The Hall–Kier alpha value is -1.57. The molecule has 118 valence electrons. The van der Waals surface area contributed by atoms with Crippen molar-refractivity contribution in [2.45, 2.75) is 24.5 Å². The van der Waals surface area contributed by atoms with Gasteiger partial charge >= 0.3 is 6.03 Å². The Morgan fingerprint density at radius 2 is 1.91 bits per heavy atom. The number of carbonyl (C=O) groups is 1. The van der Waals surface area contributed by atoms with Crippen molar-refractivity contribution >= 4 is 44.7 Å². The van der Waals surface area contributed by atoms with Crippen LogP contribution in [-0.4, -0.2) is 14.4 Å². The van der Waals surface area contributed by atoms with Gasteiger partial charge < -0.3 is 5.32 Å². The molecule has 22 heavy (non-hydrogen) atoms. The average molecular weight is 359 g/mol. The minimum atomic E-state index is -3.87. The van der Waals surface area contributed by atoms with E-state index in [0.717, 1.165) is 16.9 Å². The highest BCUT2D eigenvalue weighted by Gasteiger charge is 2.21. The predicted molar refractivity (Wildman–Crippen MR) is 89.2 cm³/mol. The highest BCUT2D eigenvalue weighted by atomic mass is 35.5. The Kier molecular flexibility index (Phi) is 5.10. The average Bonchev–Trinajstić information content (AvgIpc) is 2.83. The standard InChI is InChI=1S/C14H15ClN2O3S2/c1-3-12-9(2)8-13(21-12)22(19,20)17-14(18)16-11-6-4-10(15)5-7-11/h4-8H,3H2,1-2H3,(H2,16,17,18). The minimum Gasteiger partial charge on any atom is -0.307 e. The number of rotatable bonds is 4. The van der Waals surface area contributed by atoms with Crippen LogP contribution >= 0.6 is 22.9 Å². The first-order chi connectivity index (χ1) is 10.3. The maximum atomic E-state index is 12.2. The van der Waals surface area contributed by atoms with Crippen LogP contribution in [0.25, 0.3) is 0 Å². The molecule has 0 aliphatic heterocycles. The van der Waals surface area contributed by atoms with Crippen molar-refractivity contribution in [1.82, 2.24) is 4.72 Å². The van der Waals surface area contributed by atoms with E-state index in [1.54, 1.807) is 30.3 Å². The molecular formula is C14H15ClN2O3S2. The highest BCUT2D eigenvalue weighted by molar-refractivity contribution is 7.92. The number of hydrogen-bond acceptors (Lipinski definition) is 4.